The fraction of sp³-hybridized carbons (Fsp3) is 0.250. The summed E-state index contributed by atoms with van der Waals surface area (Å²) in [5.41, 5.74) is 6.33. The lowest BCUT2D eigenvalue weighted by Crippen LogP contribution is -2.16. The SMILES string of the molecule is NC(=O)C1=C=CC(C(F)(F)F)=CC1. The molecule has 2 nitrogen and oxygen atoms in total. The topological polar surface area (TPSA) is 43.1 Å². The van der Waals surface area contributed by atoms with Crippen LogP contribution < -0.4 is 5.73 Å². The van der Waals surface area contributed by atoms with Crippen LogP contribution in [0.3, 0.4) is 0 Å². The van der Waals surface area contributed by atoms with Gasteiger partial charge in [0, 0.05) is 6.42 Å². The van der Waals surface area contributed by atoms with E-state index in [1.165, 1.54) is 0 Å². The van der Waals surface area contributed by atoms with Gasteiger partial charge >= 0.3 is 6.18 Å². The van der Waals surface area contributed by atoms with Gasteiger partial charge in [0.25, 0.3) is 5.91 Å². The fourth-order valence-electron chi connectivity index (χ4n) is 0.864. The second-order valence-electron chi connectivity index (χ2n) is 2.49. The maximum Gasteiger partial charge on any atom is 0.416 e. The summed E-state index contributed by atoms with van der Waals surface area (Å²) < 4.78 is 36.0. The van der Waals surface area contributed by atoms with Crippen LogP contribution in [0.2, 0.25) is 0 Å². The Bertz CT molecular complexity index is 332. The van der Waals surface area contributed by atoms with Gasteiger partial charge in [-0.3, -0.25) is 4.79 Å². The number of amides is 1. The van der Waals surface area contributed by atoms with Crippen molar-refractivity contribution >= 4 is 5.91 Å². The third kappa shape index (κ3) is 2.23. The summed E-state index contributed by atoms with van der Waals surface area (Å²) in [4.78, 5) is 10.5. The van der Waals surface area contributed by atoms with Gasteiger partial charge in [-0.25, -0.2) is 0 Å². The molecule has 0 aliphatic heterocycles. The summed E-state index contributed by atoms with van der Waals surface area (Å²) in [6.45, 7) is 0. The van der Waals surface area contributed by atoms with Crippen molar-refractivity contribution in [3.8, 4) is 0 Å². The standard InChI is InChI=1S/C8H6F3NO/c9-8(10,11)6-3-1-5(2-4-6)7(12)13/h3-4H,1H2,(H2,12,13). The van der Waals surface area contributed by atoms with E-state index in [9.17, 15) is 18.0 Å². The minimum absolute atomic E-state index is 0.0630. The number of alkyl halides is 3. The summed E-state index contributed by atoms with van der Waals surface area (Å²) in [5.74, 6) is -0.742. The molecule has 1 aliphatic carbocycles. The molecule has 0 bridgehead atoms. The van der Waals surface area contributed by atoms with Gasteiger partial charge in [0.05, 0.1) is 11.1 Å². The minimum Gasteiger partial charge on any atom is -0.365 e. The number of halogens is 3. The predicted molar refractivity (Wildman–Crippen MR) is 39.5 cm³/mol. The van der Waals surface area contributed by atoms with Gasteiger partial charge in [0.15, 0.2) is 0 Å². The molecule has 70 valence electrons. The maximum atomic E-state index is 12.0. The quantitative estimate of drug-likeness (QED) is 0.623. The first-order valence-corrected chi connectivity index (χ1v) is 3.44. The molecule has 5 heteroatoms. The molecule has 0 heterocycles. The Hall–Kier alpha value is -1.48. The average Bonchev–Trinajstić information content (AvgIpc) is 2.03. The van der Waals surface area contributed by atoms with Crippen LogP contribution >= 0.6 is 0 Å². The Kier molecular flexibility index (Phi) is 2.30. The molecule has 0 atom stereocenters. The van der Waals surface area contributed by atoms with Crippen molar-refractivity contribution in [3.05, 3.63) is 29.0 Å². The number of rotatable bonds is 1. The van der Waals surface area contributed by atoms with Crippen LogP contribution in [0.25, 0.3) is 0 Å². The molecule has 0 unspecified atom stereocenters. The predicted octanol–water partition coefficient (Wildman–Crippen LogP) is 1.45. The first kappa shape index (κ1) is 9.61. The smallest absolute Gasteiger partial charge is 0.365 e. The van der Waals surface area contributed by atoms with E-state index in [0.29, 0.717) is 0 Å². The van der Waals surface area contributed by atoms with E-state index >= 15 is 0 Å². The first-order chi connectivity index (χ1) is 5.91. The first-order valence-electron chi connectivity index (χ1n) is 3.44. The van der Waals surface area contributed by atoms with Crippen molar-refractivity contribution in [1.82, 2.24) is 0 Å². The van der Waals surface area contributed by atoms with Gasteiger partial charge in [-0.2, -0.15) is 13.2 Å². The lowest BCUT2D eigenvalue weighted by molar-refractivity contribution is -0.114. The van der Waals surface area contributed by atoms with Gasteiger partial charge in [-0.05, 0) is 6.08 Å². The van der Waals surface area contributed by atoms with E-state index in [2.05, 4.69) is 5.73 Å². The summed E-state index contributed by atoms with van der Waals surface area (Å²) in [5, 5.41) is 0. The van der Waals surface area contributed by atoms with Crippen LogP contribution in [0.1, 0.15) is 6.42 Å². The van der Waals surface area contributed by atoms with Crippen molar-refractivity contribution in [2.75, 3.05) is 0 Å². The Morgan fingerprint density at radius 2 is 2.15 bits per heavy atom. The van der Waals surface area contributed by atoms with Crippen LogP contribution in [0, 0.1) is 0 Å². The maximum absolute atomic E-state index is 12.0. The highest BCUT2D eigenvalue weighted by Crippen LogP contribution is 2.28. The Balaban J connectivity index is 2.92. The molecule has 1 amide bonds. The summed E-state index contributed by atoms with van der Waals surface area (Å²) in [6.07, 6.45) is -2.85. The van der Waals surface area contributed by atoms with Crippen molar-refractivity contribution in [2.45, 2.75) is 12.6 Å². The van der Waals surface area contributed by atoms with Crippen molar-refractivity contribution < 1.29 is 18.0 Å². The molecule has 0 saturated heterocycles. The van der Waals surface area contributed by atoms with Gasteiger partial charge in [-0.1, -0.05) is 6.08 Å². The lowest BCUT2D eigenvalue weighted by atomic mass is 10.0. The van der Waals surface area contributed by atoms with Crippen LogP contribution in [-0.4, -0.2) is 12.1 Å². The number of nitrogens with two attached hydrogens (primary N) is 1. The van der Waals surface area contributed by atoms with E-state index in [1.807, 2.05) is 0 Å². The molecule has 2 N–H and O–H groups in total. The number of carbonyl (C=O) groups excluding carboxylic acids is 1. The van der Waals surface area contributed by atoms with E-state index in [1.54, 1.807) is 0 Å². The molecule has 0 fully saturated rings. The van der Waals surface area contributed by atoms with Crippen molar-refractivity contribution in [1.29, 1.82) is 0 Å². The Labute approximate surface area is 72.2 Å². The highest BCUT2D eigenvalue weighted by atomic mass is 19.4. The van der Waals surface area contributed by atoms with Gasteiger partial charge in [0.1, 0.15) is 0 Å². The molecule has 0 spiro atoms. The molecule has 0 aromatic heterocycles. The van der Waals surface area contributed by atoms with E-state index in [4.69, 9.17) is 5.73 Å². The summed E-state index contributed by atoms with van der Waals surface area (Å²) >= 11 is 0. The van der Waals surface area contributed by atoms with Gasteiger partial charge in [-0.15, -0.1) is 5.73 Å². The molecular formula is C8H6F3NO. The Morgan fingerprint density at radius 1 is 1.54 bits per heavy atom. The van der Waals surface area contributed by atoms with E-state index in [0.717, 1.165) is 12.2 Å². The monoisotopic (exact) mass is 189 g/mol. The molecule has 0 aromatic carbocycles. The number of allylic oxidation sites excluding steroid dienone is 2. The third-order valence-corrected chi connectivity index (χ3v) is 1.55. The molecule has 1 rings (SSSR count). The number of primary amides is 1. The van der Waals surface area contributed by atoms with Crippen LogP contribution in [0.15, 0.2) is 29.0 Å². The zero-order valence-electron chi connectivity index (χ0n) is 6.48. The van der Waals surface area contributed by atoms with E-state index in [-0.39, 0.29) is 12.0 Å². The number of hydrogen-bond donors (Lipinski definition) is 1. The largest absolute Gasteiger partial charge is 0.416 e. The average molecular weight is 189 g/mol. The number of hydrogen-bond acceptors (Lipinski definition) is 1. The van der Waals surface area contributed by atoms with E-state index < -0.39 is 17.7 Å². The fourth-order valence-corrected chi connectivity index (χ4v) is 0.864. The van der Waals surface area contributed by atoms with Crippen molar-refractivity contribution in [3.63, 3.8) is 0 Å². The zero-order chi connectivity index (χ0) is 10.1. The molecule has 13 heavy (non-hydrogen) atoms. The molecule has 1 aliphatic rings. The number of carbonyl (C=O) groups is 1. The summed E-state index contributed by atoms with van der Waals surface area (Å²) in [7, 11) is 0. The molecule has 0 saturated carbocycles. The lowest BCUT2D eigenvalue weighted by Gasteiger charge is -2.09. The van der Waals surface area contributed by atoms with Crippen LogP contribution in [0.4, 0.5) is 13.2 Å². The third-order valence-electron chi connectivity index (χ3n) is 1.55. The molecular weight excluding hydrogens is 183 g/mol. The normalized spacial score (nSPS) is 16.5. The highest BCUT2D eigenvalue weighted by Gasteiger charge is 2.32. The van der Waals surface area contributed by atoms with Crippen LogP contribution in [0.5, 0.6) is 0 Å². The van der Waals surface area contributed by atoms with Crippen molar-refractivity contribution in [2.24, 2.45) is 5.73 Å². The molecule has 0 aromatic rings. The molecule has 0 radical (unpaired) electrons. The second kappa shape index (κ2) is 3.11. The van der Waals surface area contributed by atoms with Crippen LogP contribution in [-0.2, 0) is 4.79 Å². The second-order valence-corrected chi connectivity index (χ2v) is 2.49. The van der Waals surface area contributed by atoms with Gasteiger partial charge in [0.2, 0.25) is 0 Å². The zero-order valence-corrected chi connectivity index (χ0v) is 6.48. The Morgan fingerprint density at radius 3 is 2.46 bits per heavy atom. The highest BCUT2D eigenvalue weighted by molar-refractivity contribution is 5.92. The summed E-state index contributed by atoms with van der Waals surface area (Å²) in [6, 6.07) is 0. The minimum atomic E-state index is -4.38. The van der Waals surface area contributed by atoms with Gasteiger partial charge < -0.3 is 5.73 Å².